The summed E-state index contributed by atoms with van der Waals surface area (Å²) in [4.78, 5) is 15.0. The number of amides is 1. The van der Waals surface area contributed by atoms with Gasteiger partial charge in [-0.25, -0.2) is 0 Å². The fourth-order valence-corrected chi connectivity index (χ4v) is 2.65. The number of thioether (sulfide) groups is 1. The van der Waals surface area contributed by atoms with Gasteiger partial charge in [0.2, 0.25) is 5.91 Å². The van der Waals surface area contributed by atoms with Crippen LogP contribution in [0.4, 0.5) is 0 Å². The lowest BCUT2D eigenvalue weighted by Gasteiger charge is -2.22. The maximum atomic E-state index is 12.2. The van der Waals surface area contributed by atoms with Crippen molar-refractivity contribution in [1.29, 1.82) is 0 Å². The molecule has 1 amide bonds. The lowest BCUT2D eigenvalue weighted by molar-refractivity contribution is -0.134. The Balaban J connectivity index is 0.00000400. The molecule has 4 nitrogen and oxygen atoms in total. The molecule has 0 saturated carbocycles. The summed E-state index contributed by atoms with van der Waals surface area (Å²) in [6, 6.07) is 6.08. The van der Waals surface area contributed by atoms with E-state index in [0.717, 1.165) is 16.2 Å². The average molecular weight is 333 g/mol. The van der Waals surface area contributed by atoms with E-state index < -0.39 is 0 Å². The Hall–Kier alpha value is -0.910. The molecule has 0 aliphatic heterocycles. The first-order valence-electron chi connectivity index (χ1n) is 6.64. The van der Waals surface area contributed by atoms with Crippen molar-refractivity contribution >= 4 is 30.1 Å². The first kappa shape index (κ1) is 20.1. The first-order valence-corrected chi connectivity index (χ1v) is 7.86. The molecular formula is C15H25ClN2O2S. The molecule has 21 heavy (non-hydrogen) atoms. The second-order valence-corrected chi connectivity index (χ2v) is 5.69. The minimum Gasteiger partial charge on any atom is -0.496 e. The van der Waals surface area contributed by atoms with Crippen molar-refractivity contribution in [3.8, 4) is 5.75 Å². The smallest absolute Gasteiger partial charge is 0.226 e. The molecule has 1 rings (SSSR count). The molecule has 0 aromatic heterocycles. The number of carbonyl (C=O) groups excluding carboxylic acids is 1. The average Bonchev–Trinajstić information content (AvgIpc) is 2.46. The van der Waals surface area contributed by atoms with E-state index in [0.29, 0.717) is 13.1 Å². The molecule has 0 heterocycles. The van der Waals surface area contributed by atoms with Crippen molar-refractivity contribution < 1.29 is 9.53 Å². The predicted octanol–water partition coefficient (Wildman–Crippen LogP) is 2.65. The third-order valence-electron chi connectivity index (χ3n) is 3.18. The van der Waals surface area contributed by atoms with E-state index in [1.54, 1.807) is 23.8 Å². The topological polar surface area (TPSA) is 41.6 Å². The van der Waals surface area contributed by atoms with Gasteiger partial charge in [-0.05, 0) is 31.0 Å². The Morgan fingerprint density at radius 3 is 2.67 bits per heavy atom. The van der Waals surface area contributed by atoms with Crippen LogP contribution >= 0.6 is 24.2 Å². The number of nitrogens with one attached hydrogen (secondary N) is 1. The fraction of sp³-hybridized carbons (Fsp3) is 0.533. The highest BCUT2D eigenvalue weighted by molar-refractivity contribution is 7.98. The number of carbonyl (C=O) groups is 1. The Bertz CT molecular complexity index is 457. The second-order valence-electron chi connectivity index (χ2n) is 4.84. The number of rotatable bonds is 7. The van der Waals surface area contributed by atoms with Gasteiger partial charge in [0.25, 0.3) is 0 Å². The molecule has 120 valence electrons. The Morgan fingerprint density at radius 1 is 1.48 bits per heavy atom. The molecule has 0 aliphatic carbocycles. The van der Waals surface area contributed by atoms with Crippen LogP contribution in [-0.2, 0) is 11.3 Å². The Kier molecular flexibility index (Phi) is 9.49. The third kappa shape index (κ3) is 5.77. The van der Waals surface area contributed by atoms with Gasteiger partial charge in [0.15, 0.2) is 0 Å². The molecular weight excluding hydrogens is 308 g/mol. The van der Waals surface area contributed by atoms with Crippen molar-refractivity contribution in [1.82, 2.24) is 10.2 Å². The van der Waals surface area contributed by atoms with E-state index in [1.807, 2.05) is 45.5 Å². The molecule has 6 heteroatoms. The van der Waals surface area contributed by atoms with Crippen LogP contribution in [0.3, 0.4) is 0 Å². The van der Waals surface area contributed by atoms with E-state index in [2.05, 4.69) is 5.32 Å². The lowest BCUT2D eigenvalue weighted by atomic mass is 10.1. The molecule has 1 atom stereocenters. The van der Waals surface area contributed by atoms with Gasteiger partial charge in [0.1, 0.15) is 5.75 Å². The number of methoxy groups -OCH3 is 1. The van der Waals surface area contributed by atoms with Crippen molar-refractivity contribution in [2.75, 3.05) is 34.0 Å². The Morgan fingerprint density at radius 2 is 2.14 bits per heavy atom. The van der Waals surface area contributed by atoms with Gasteiger partial charge in [0, 0.05) is 31.0 Å². The van der Waals surface area contributed by atoms with E-state index in [4.69, 9.17) is 4.74 Å². The summed E-state index contributed by atoms with van der Waals surface area (Å²) in [5.41, 5.74) is 1.08. The highest BCUT2D eigenvalue weighted by atomic mass is 35.5. The summed E-state index contributed by atoms with van der Waals surface area (Å²) in [7, 11) is 5.36. The zero-order valence-electron chi connectivity index (χ0n) is 13.3. The summed E-state index contributed by atoms with van der Waals surface area (Å²) in [5, 5.41) is 3.03. The quantitative estimate of drug-likeness (QED) is 0.779. The van der Waals surface area contributed by atoms with E-state index in [9.17, 15) is 4.79 Å². The molecule has 0 radical (unpaired) electrons. The maximum Gasteiger partial charge on any atom is 0.226 e. The van der Waals surface area contributed by atoms with E-state index in [1.165, 1.54) is 0 Å². The predicted molar refractivity (Wildman–Crippen MR) is 91.6 cm³/mol. The number of ether oxygens (including phenoxy) is 1. The van der Waals surface area contributed by atoms with E-state index >= 15 is 0 Å². The van der Waals surface area contributed by atoms with Gasteiger partial charge in [0.05, 0.1) is 7.11 Å². The van der Waals surface area contributed by atoms with Gasteiger partial charge in [-0.3, -0.25) is 4.79 Å². The van der Waals surface area contributed by atoms with Gasteiger partial charge < -0.3 is 15.0 Å². The molecule has 1 aromatic rings. The van der Waals surface area contributed by atoms with E-state index in [-0.39, 0.29) is 24.2 Å². The van der Waals surface area contributed by atoms with Crippen LogP contribution in [-0.4, -0.2) is 44.8 Å². The number of benzene rings is 1. The largest absolute Gasteiger partial charge is 0.496 e. The molecule has 0 aliphatic rings. The van der Waals surface area contributed by atoms with Crippen LogP contribution in [0.15, 0.2) is 23.1 Å². The standard InChI is InChI=1S/C15H24N2O2S.ClH/c1-11(9-16-2)15(18)17(3)10-12-6-7-14(20-5)13(8-12)19-4;/h6-8,11,16H,9-10H2,1-5H3;1H. The van der Waals surface area contributed by atoms with Gasteiger partial charge in [-0.15, -0.1) is 24.2 Å². The van der Waals surface area contributed by atoms with Gasteiger partial charge in [-0.1, -0.05) is 13.0 Å². The lowest BCUT2D eigenvalue weighted by Crippen LogP contribution is -2.35. The second kappa shape index (κ2) is 9.92. The van der Waals surface area contributed by atoms with Crippen LogP contribution < -0.4 is 10.1 Å². The van der Waals surface area contributed by atoms with Crippen LogP contribution in [0.1, 0.15) is 12.5 Å². The summed E-state index contributed by atoms with van der Waals surface area (Å²) in [6.45, 7) is 3.22. The highest BCUT2D eigenvalue weighted by Crippen LogP contribution is 2.28. The summed E-state index contributed by atoms with van der Waals surface area (Å²) >= 11 is 1.65. The molecule has 0 spiro atoms. The maximum absolute atomic E-state index is 12.2. The van der Waals surface area contributed by atoms with Crippen molar-refractivity contribution in [3.05, 3.63) is 23.8 Å². The number of nitrogens with zero attached hydrogens (tertiary/aromatic N) is 1. The zero-order chi connectivity index (χ0) is 15.1. The fourth-order valence-electron chi connectivity index (χ4n) is 2.10. The number of halogens is 1. The first-order chi connectivity index (χ1) is 9.53. The summed E-state index contributed by atoms with van der Waals surface area (Å²) in [5.74, 6) is 0.990. The normalized spacial score (nSPS) is 11.5. The summed E-state index contributed by atoms with van der Waals surface area (Å²) in [6.07, 6.45) is 2.02. The minimum absolute atomic E-state index is 0. The minimum atomic E-state index is -0.0163. The monoisotopic (exact) mass is 332 g/mol. The Labute approximate surface area is 138 Å². The summed E-state index contributed by atoms with van der Waals surface area (Å²) < 4.78 is 5.37. The molecule has 1 N–H and O–H groups in total. The molecule has 1 unspecified atom stereocenters. The highest BCUT2D eigenvalue weighted by Gasteiger charge is 2.17. The number of hydrogen-bond donors (Lipinski definition) is 1. The zero-order valence-corrected chi connectivity index (χ0v) is 14.9. The van der Waals surface area contributed by atoms with Gasteiger partial charge >= 0.3 is 0 Å². The third-order valence-corrected chi connectivity index (χ3v) is 3.95. The van der Waals surface area contributed by atoms with Crippen LogP contribution in [0.2, 0.25) is 0 Å². The molecule has 1 aromatic carbocycles. The molecule has 0 bridgehead atoms. The number of hydrogen-bond acceptors (Lipinski definition) is 4. The van der Waals surface area contributed by atoms with Crippen molar-refractivity contribution in [2.45, 2.75) is 18.4 Å². The SMILES string of the molecule is CNCC(C)C(=O)N(C)Cc1ccc(SC)c(OC)c1.Cl. The van der Waals surface area contributed by atoms with Crippen LogP contribution in [0.5, 0.6) is 5.75 Å². The van der Waals surface area contributed by atoms with Crippen molar-refractivity contribution in [2.24, 2.45) is 5.92 Å². The molecule has 0 fully saturated rings. The molecule has 0 saturated heterocycles. The van der Waals surface area contributed by atoms with Crippen molar-refractivity contribution in [3.63, 3.8) is 0 Å². The van der Waals surface area contributed by atoms with Crippen LogP contribution in [0, 0.1) is 5.92 Å². The van der Waals surface area contributed by atoms with Gasteiger partial charge in [-0.2, -0.15) is 0 Å². The van der Waals surface area contributed by atoms with Crippen LogP contribution in [0.25, 0.3) is 0 Å².